The van der Waals surface area contributed by atoms with Crippen LogP contribution in [0.25, 0.3) is 33.4 Å². The molecule has 2 saturated heterocycles. The van der Waals surface area contributed by atoms with Crippen molar-refractivity contribution in [2.75, 3.05) is 64.1 Å². The number of likely N-dealkylation sites (N-methyl/N-ethyl adjacent to an activating group) is 1. The van der Waals surface area contributed by atoms with Gasteiger partial charge >= 0.3 is 12.1 Å². The Labute approximate surface area is 308 Å². The van der Waals surface area contributed by atoms with Crippen LogP contribution in [0.1, 0.15) is 35.0 Å². The van der Waals surface area contributed by atoms with E-state index < -0.39 is 40.5 Å². The van der Waals surface area contributed by atoms with Crippen molar-refractivity contribution in [3.05, 3.63) is 65.9 Å². The first-order chi connectivity index (χ1) is 26.3. The summed E-state index contributed by atoms with van der Waals surface area (Å²) < 4.78 is 94.5. The van der Waals surface area contributed by atoms with Gasteiger partial charge in [-0.05, 0) is 48.6 Å². The minimum absolute atomic E-state index is 0.0145. The molecule has 282 valence electrons. The van der Waals surface area contributed by atoms with Gasteiger partial charge in [0.15, 0.2) is 0 Å². The molecule has 1 aliphatic carbocycles. The molecule has 3 aliphatic heterocycles. The molecular formula is C37H40F3N5O7S. The number of ether oxygens (including phenoxy) is 2. The number of nitrogens with one attached hydrogen (secondary N) is 1. The van der Waals surface area contributed by atoms with Gasteiger partial charge < -0.3 is 24.5 Å². The van der Waals surface area contributed by atoms with Crippen LogP contribution in [0, 0.1) is 5.41 Å². The summed E-state index contributed by atoms with van der Waals surface area (Å²) in [5.74, 6) is -2.53. The minimum atomic E-state index is -5.08. The number of pyridine rings is 1. The summed E-state index contributed by atoms with van der Waals surface area (Å²) in [4.78, 5) is 34.9. The van der Waals surface area contributed by atoms with Gasteiger partial charge in [-0.15, -0.1) is 0 Å². The SMILES string of the molecule is O=C(O)C(F)(F)F.[2H]C([2H])([2H])N1C(=O)C2(CC3(CN(S(=O)(=O)CC)C3)C2)c2c1cnc1[nH]c(-c3ccc(CN4CCOCC4)cc3)c(-c3ccc(OC)cc3)c21. The summed E-state index contributed by atoms with van der Waals surface area (Å²) in [6.07, 6.45) is -2.85. The number of alkyl halides is 3. The first-order valence-corrected chi connectivity index (χ1v) is 18.6. The predicted octanol–water partition coefficient (Wildman–Crippen LogP) is 5.03. The van der Waals surface area contributed by atoms with Crippen LogP contribution in [0.5, 0.6) is 5.75 Å². The molecule has 0 atom stereocenters. The van der Waals surface area contributed by atoms with Crippen LogP contribution in [-0.4, -0.2) is 110 Å². The molecule has 2 aromatic carbocycles. The number of carboxylic acids is 1. The third kappa shape index (κ3) is 6.44. The van der Waals surface area contributed by atoms with Gasteiger partial charge in [-0.25, -0.2) is 22.5 Å². The van der Waals surface area contributed by atoms with Crippen molar-refractivity contribution >= 4 is 38.6 Å². The van der Waals surface area contributed by atoms with Gasteiger partial charge in [-0.3, -0.25) is 9.69 Å². The number of rotatable bonds is 7. The molecule has 2 spiro atoms. The molecule has 1 saturated carbocycles. The number of aromatic amines is 1. The van der Waals surface area contributed by atoms with Crippen molar-refractivity contribution in [2.45, 2.75) is 37.9 Å². The number of H-pyrrole nitrogens is 1. The summed E-state index contributed by atoms with van der Waals surface area (Å²) in [6, 6.07) is 16.1. The number of carboxylic acid groups (broad SMARTS) is 1. The highest BCUT2D eigenvalue weighted by molar-refractivity contribution is 7.89. The van der Waals surface area contributed by atoms with E-state index in [1.54, 1.807) is 14.0 Å². The van der Waals surface area contributed by atoms with Gasteiger partial charge in [0.2, 0.25) is 15.9 Å². The summed E-state index contributed by atoms with van der Waals surface area (Å²) in [7, 11) is -1.75. The molecule has 8 rings (SSSR count). The second kappa shape index (κ2) is 13.4. The van der Waals surface area contributed by atoms with Crippen LogP contribution < -0.4 is 9.64 Å². The van der Waals surface area contributed by atoms with Crippen molar-refractivity contribution in [2.24, 2.45) is 5.41 Å². The van der Waals surface area contributed by atoms with E-state index in [-0.39, 0.29) is 16.9 Å². The lowest BCUT2D eigenvalue weighted by molar-refractivity contribution is -0.192. The zero-order valence-electron chi connectivity index (χ0n) is 32.0. The average Bonchev–Trinajstić information content (AvgIpc) is 3.63. The van der Waals surface area contributed by atoms with Crippen LogP contribution >= 0.6 is 0 Å². The average molecular weight is 759 g/mol. The maximum Gasteiger partial charge on any atom is 0.490 e. The van der Waals surface area contributed by atoms with E-state index in [1.807, 2.05) is 24.3 Å². The second-order valence-corrected chi connectivity index (χ2v) is 16.2. The normalized spacial score (nSPS) is 20.5. The standard InChI is InChI=1S/C35H39N5O5S.C2HF3O2/c1-4-46(42,43)40-21-34(22-40)19-35(20-34)30-27(38(2)33(35)41)17-36-32-29(30)28(24-9-11-26(44-3)12-10-24)31(37-32)25-7-5-23(6-8-25)18-39-13-15-45-16-14-39;3-2(4,5)1(6)7/h5-12,17H,4,13-16,18-22H2,1-3H3,(H,36,37);(H,6,7)/i2D3;. The topological polar surface area (TPSA) is 145 Å². The van der Waals surface area contributed by atoms with Gasteiger partial charge in [0.1, 0.15) is 11.4 Å². The molecule has 0 radical (unpaired) electrons. The van der Waals surface area contributed by atoms with Gasteiger partial charge in [-0.1, -0.05) is 36.4 Å². The number of benzene rings is 2. The number of aliphatic carboxylic acids is 1. The first-order valence-electron chi connectivity index (χ1n) is 18.5. The van der Waals surface area contributed by atoms with Crippen LogP contribution in [0.15, 0.2) is 54.7 Å². The van der Waals surface area contributed by atoms with E-state index >= 15 is 0 Å². The number of carbonyl (C=O) groups excluding carboxylic acids is 1. The zero-order valence-corrected chi connectivity index (χ0v) is 29.8. The zero-order chi connectivity index (χ0) is 40.4. The smallest absolute Gasteiger partial charge is 0.490 e. The van der Waals surface area contributed by atoms with Crippen LogP contribution in [0.3, 0.4) is 0 Å². The number of amides is 1. The molecule has 4 aliphatic rings. The molecule has 2 N–H and O–H groups in total. The fourth-order valence-electron chi connectivity index (χ4n) is 8.15. The Bertz CT molecular complexity index is 2260. The summed E-state index contributed by atoms with van der Waals surface area (Å²) in [5, 5.41) is 7.84. The van der Waals surface area contributed by atoms with Crippen molar-refractivity contribution in [3.63, 3.8) is 0 Å². The van der Waals surface area contributed by atoms with Gasteiger partial charge in [0.05, 0.1) is 49.1 Å². The van der Waals surface area contributed by atoms with Gasteiger partial charge in [-0.2, -0.15) is 13.2 Å². The molecule has 0 bridgehead atoms. The number of anilines is 1. The number of morpholine rings is 1. The van der Waals surface area contributed by atoms with E-state index in [9.17, 15) is 26.4 Å². The fraction of sp³-hybridized carbons (Fsp3) is 0.432. The van der Waals surface area contributed by atoms with Crippen LogP contribution in [-0.2, 0) is 36.3 Å². The lowest BCUT2D eigenvalue weighted by Crippen LogP contribution is -2.69. The highest BCUT2D eigenvalue weighted by Crippen LogP contribution is 2.66. The van der Waals surface area contributed by atoms with Crippen molar-refractivity contribution in [3.8, 4) is 28.1 Å². The molecule has 3 fully saturated rings. The Morgan fingerprint density at radius 1 is 1.08 bits per heavy atom. The number of nitrogens with zero attached hydrogens (tertiary/aromatic N) is 4. The van der Waals surface area contributed by atoms with Crippen molar-refractivity contribution < 1.29 is 49.9 Å². The highest BCUT2D eigenvalue weighted by atomic mass is 32.2. The number of halogens is 3. The second-order valence-electron chi connectivity index (χ2n) is 14.0. The summed E-state index contributed by atoms with van der Waals surface area (Å²) in [6.45, 7) is 3.64. The van der Waals surface area contributed by atoms with E-state index in [2.05, 4.69) is 34.1 Å². The maximum absolute atomic E-state index is 14.4. The number of aromatic nitrogens is 2. The number of carbonyl (C=O) groups is 2. The fourth-order valence-corrected chi connectivity index (χ4v) is 9.45. The van der Waals surface area contributed by atoms with E-state index in [4.69, 9.17) is 28.5 Å². The molecule has 5 heterocycles. The van der Waals surface area contributed by atoms with Gasteiger partial charge in [0.25, 0.3) is 0 Å². The molecule has 1 amide bonds. The maximum atomic E-state index is 14.4. The largest absolute Gasteiger partial charge is 0.497 e. The molecule has 12 nitrogen and oxygen atoms in total. The summed E-state index contributed by atoms with van der Waals surface area (Å²) >= 11 is 0. The molecule has 2 aromatic heterocycles. The van der Waals surface area contributed by atoms with Crippen molar-refractivity contribution in [1.82, 2.24) is 19.2 Å². The molecular weight excluding hydrogens is 715 g/mol. The first kappa shape index (κ1) is 33.1. The highest BCUT2D eigenvalue weighted by Gasteiger charge is 2.68. The number of methoxy groups -OCH3 is 1. The molecule has 0 unspecified atom stereocenters. The Balaban J connectivity index is 0.000000629. The molecule has 4 aromatic rings. The number of hydrogen-bond donors (Lipinski definition) is 2. The predicted molar refractivity (Wildman–Crippen MR) is 191 cm³/mol. The minimum Gasteiger partial charge on any atom is -0.497 e. The Hall–Kier alpha value is -4.51. The van der Waals surface area contributed by atoms with Gasteiger partial charge in [0, 0.05) is 65.7 Å². The number of sulfonamides is 1. The Morgan fingerprint density at radius 2 is 1.70 bits per heavy atom. The quantitative estimate of drug-likeness (QED) is 0.265. The number of hydrogen-bond acceptors (Lipinski definition) is 8. The lowest BCUT2D eigenvalue weighted by atomic mass is 9.48. The Kier molecular flexibility index (Phi) is 8.37. The van der Waals surface area contributed by atoms with E-state index in [0.29, 0.717) is 48.3 Å². The number of fused-ring (bicyclic) bond motifs is 4. The molecule has 16 heteroatoms. The Morgan fingerprint density at radius 3 is 2.26 bits per heavy atom. The molecule has 53 heavy (non-hydrogen) atoms. The van der Waals surface area contributed by atoms with E-state index in [1.165, 1.54) is 16.1 Å². The third-order valence-corrected chi connectivity index (χ3v) is 12.4. The third-order valence-electron chi connectivity index (χ3n) is 10.6. The van der Waals surface area contributed by atoms with Crippen molar-refractivity contribution in [1.29, 1.82) is 0 Å². The van der Waals surface area contributed by atoms with Crippen LogP contribution in [0.4, 0.5) is 18.9 Å². The monoisotopic (exact) mass is 758 g/mol. The summed E-state index contributed by atoms with van der Waals surface area (Å²) in [5.41, 5.74) is 4.61. The van der Waals surface area contributed by atoms with Crippen LogP contribution in [0.2, 0.25) is 0 Å². The lowest BCUT2D eigenvalue weighted by Gasteiger charge is -2.62. The van der Waals surface area contributed by atoms with E-state index in [0.717, 1.165) is 60.1 Å².